The number of rotatable bonds is 15. The lowest BCUT2D eigenvalue weighted by molar-refractivity contribution is 0.0489. The molecule has 1 aliphatic heterocycles. The average molecular weight is 676 g/mol. The number of carbonyl (C=O) groups excluding carboxylic acids is 1. The summed E-state index contributed by atoms with van der Waals surface area (Å²) in [5.41, 5.74) is 6.13. The molecule has 48 heavy (non-hydrogen) atoms. The van der Waals surface area contributed by atoms with Crippen LogP contribution in [0, 0.1) is 6.92 Å². The second-order valence-electron chi connectivity index (χ2n) is 13.2. The van der Waals surface area contributed by atoms with Crippen LogP contribution in [-0.2, 0) is 27.1 Å². The molecule has 0 aliphatic carbocycles. The monoisotopic (exact) mass is 675 g/mol. The minimum atomic E-state index is -2.30. The smallest absolute Gasteiger partial charge is 0.414 e. The van der Waals surface area contributed by atoms with Gasteiger partial charge in [-0.1, -0.05) is 102 Å². The maximum Gasteiger partial charge on any atom is 0.414 e. The summed E-state index contributed by atoms with van der Waals surface area (Å²) in [5, 5.41) is 0. The van der Waals surface area contributed by atoms with Crippen LogP contribution in [0.5, 0.6) is 17.2 Å². The summed E-state index contributed by atoms with van der Waals surface area (Å²) in [4.78, 5) is 15.5. The highest BCUT2D eigenvalue weighted by molar-refractivity contribution is 6.77. The summed E-state index contributed by atoms with van der Waals surface area (Å²) in [6, 6.07) is 19.3. The first kappa shape index (κ1) is 37.0. The van der Waals surface area contributed by atoms with Gasteiger partial charge in [-0.2, -0.15) is 0 Å². The molecule has 1 amide bonds. The Labute approximate surface area is 288 Å². The second kappa shape index (κ2) is 16.5. The number of methoxy groups -OCH3 is 3. The molecule has 8 nitrogen and oxygen atoms in total. The van der Waals surface area contributed by atoms with E-state index in [4.69, 9.17) is 28.1 Å². The summed E-state index contributed by atoms with van der Waals surface area (Å²) in [6.07, 6.45) is 1.48. The van der Waals surface area contributed by atoms with Crippen molar-refractivity contribution in [2.75, 3.05) is 34.5 Å². The van der Waals surface area contributed by atoms with Gasteiger partial charge in [-0.15, -0.1) is 0 Å². The molecule has 1 heterocycles. The van der Waals surface area contributed by atoms with Crippen LogP contribution < -0.4 is 14.2 Å². The standard InChI is InChI=1S/C39H53NO7Si/c1-26(2)48(27(3)4,28(5)6)47-24-32-21-33-35(34(40(32)39(41)44-10)25-45-22-30-17-13-11-14-18-30)38(37(43-9)29(7)36(33)42-8)46-23-31-19-15-12-16-20-31/h11-21,26-28,34H,22-25H2,1-10H3. The highest BCUT2D eigenvalue weighted by Gasteiger charge is 2.47. The molecule has 0 fully saturated rings. The van der Waals surface area contributed by atoms with Crippen molar-refractivity contribution >= 4 is 20.5 Å². The molecule has 4 rings (SSSR count). The fourth-order valence-corrected chi connectivity index (χ4v) is 12.8. The highest BCUT2D eigenvalue weighted by atomic mass is 28.4. The second-order valence-corrected chi connectivity index (χ2v) is 18.7. The number of carbonyl (C=O) groups is 1. The van der Waals surface area contributed by atoms with Crippen molar-refractivity contribution in [2.45, 2.75) is 84.3 Å². The molecule has 0 aromatic heterocycles. The third-order valence-electron chi connectivity index (χ3n) is 9.50. The quantitative estimate of drug-likeness (QED) is 0.149. The van der Waals surface area contributed by atoms with Crippen LogP contribution in [0.3, 0.4) is 0 Å². The van der Waals surface area contributed by atoms with Crippen LogP contribution in [0.1, 0.15) is 75.4 Å². The Hall–Kier alpha value is -3.79. The van der Waals surface area contributed by atoms with Crippen molar-refractivity contribution in [3.8, 4) is 17.2 Å². The Balaban J connectivity index is 1.92. The summed E-state index contributed by atoms with van der Waals surface area (Å²) >= 11 is 0. The average Bonchev–Trinajstić information content (AvgIpc) is 3.07. The van der Waals surface area contributed by atoms with E-state index in [1.807, 2.05) is 73.7 Å². The van der Waals surface area contributed by atoms with Gasteiger partial charge in [-0.3, -0.25) is 4.90 Å². The van der Waals surface area contributed by atoms with Crippen LogP contribution in [0.25, 0.3) is 6.08 Å². The Morgan fingerprint density at radius 2 is 1.29 bits per heavy atom. The number of benzene rings is 3. The van der Waals surface area contributed by atoms with Crippen LogP contribution in [0.15, 0.2) is 66.4 Å². The topological polar surface area (TPSA) is 75.7 Å². The van der Waals surface area contributed by atoms with Crippen molar-refractivity contribution in [1.82, 2.24) is 4.90 Å². The molecule has 1 aliphatic rings. The number of hydrogen-bond acceptors (Lipinski definition) is 7. The predicted molar refractivity (Wildman–Crippen MR) is 193 cm³/mol. The first-order valence-corrected chi connectivity index (χ1v) is 18.9. The SMILES string of the molecule is COC(=O)N1C(CO[Si](C(C)C)(C(C)C)C(C)C)=Cc2c(OC)c(C)c(OC)c(OCc3ccccc3)c2C1COCc1ccccc1. The maximum absolute atomic E-state index is 13.9. The minimum Gasteiger partial charge on any atom is -0.496 e. The Kier molecular flexibility index (Phi) is 12.8. The van der Waals surface area contributed by atoms with E-state index < -0.39 is 20.5 Å². The van der Waals surface area contributed by atoms with E-state index in [0.717, 1.165) is 27.8 Å². The molecule has 9 heteroatoms. The zero-order valence-electron chi connectivity index (χ0n) is 30.3. The molecule has 260 valence electrons. The van der Waals surface area contributed by atoms with Crippen LogP contribution in [-0.4, -0.2) is 53.9 Å². The lowest BCUT2D eigenvalue weighted by atomic mass is 9.90. The van der Waals surface area contributed by atoms with Crippen molar-refractivity contribution in [2.24, 2.45) is 0 Å². The van der Waals surface area contributed by atoms with E-state index in [2.05, 4.69) is 41.5 Å². The van der Waals surface area contributed by atoms with Gasteiger partial charge >= 0.3 is 6.09 Å². The Bertz CT molecular complexity index is 1520. The fraction of sp³-hybridized carbons (Fsp3) is 0.462. The fourth-order valence-electron chi connectivity index (χ4n) is 7.44. The summed E-state index contributed by atoms with van der Waals surface area (Å²) in [5.74, 6) is 1.71. The van der Waals surface area contributed by atoms with Crippen LogP contribution in [0.4, 0.5) is 4.79 Å². The zero-order valence-corrected chi connectivity index (χ0v) is 31.3. The van der Waals surface area contributed by atoms with E-state index in [1.54, 1.807) is 19.1 Å². The molecule has 3 aromatic rings. The minimum absolute atomic E-state index is 0.159. The summed E-state index contributed by atoms with van der Waals surface area (Å²) in [6.45, 7) is 16.5. The van der Waals surface area contributed by atoms with Gasteiger partial charge in [-0.05, 0) is 40.8 Å². The largest absolute Gasteiger partial charge is 0.496 e. The van der Waals surface area contributed by atoms with Gasteiger partial charge in [-0.25, -0.2) is 4.79 Å². The van der Waals surface area contributed by atoms with Gasteiger partial charge in [0, 0.05) is 16.7 Å². The normalized spacial score (nSPS) is 14.6. The molecule has 1 atom stereocenters. The van der Waals surface area contributed by atoms with Crippen molar-refractivity contribution in [1.29, 1.82) is 0 Å². The number of nitrogens with zero attached hydrogens (tertiary/aromatic N) is 1. The number of ether oxygens (including phenoxy) is 5. The first-order chi connectivity index (χ1) is 23.0. The van der Waals surface area contributed by atoms with Crippen LogP contribution >= 0.6 is 0 Å². The Morgan fingerprint density at radius 3 is 1.79 bits per heavy atom. The molecule has 0 saturated carbocycles. The maximum atomic E-state index is 13.9. The molecule has 0 saturated heterocycles. The van der Waals surface area contributed by atoms with Gasteiger partial charge in [0.1, 0.15) is 12.4 Å². The number of amides is 1. The number of hydrogen-bond donors (Lipinski definition) is 0. The molecule has 0 spiro atoms. The van der Waals surface area contributed by atoms with Crippen molar-refractivity contribution in [3.63, 3.8) is 0 Å². The molecule has 1 unspecified atom stereocenters. The first-order valence-electron chi connectivity index (χ1n) is 16.8. The summed E-state index contributed by atoms with van der Waals surface area (Å²) in [7, 11) is 2.37. The molecular weight excluding hydrogens is 623 g/mol. The molecule has 0 N–H and O–H groups in total. The summed E-state index contributed by atoms with van der Waals surface area (Å²) < 4.78 is 37.6. The molecule has 0 radical (unpaired) electrons. The van der Waals surface area contributed by atoms with Crippen LogP contribution in [0.2, 0.25) is 16.6 Å². The molecule has 3 aromatic carbocycles. The van der Waals surface area contributed by atoms with E-state index >= 15 is 0 Å². The van der Waals surface area contributed by atoms with Crippen molar-refractivity contribution in [3.05, 3.63) is 94.2 Å². The predicted octanol–water partition coefficient (Wildman–Crippen LogP) is 9.46. The Morgan fingerprint density at radius 1 is 0.750 bits per heavy atom. The third-order valence-corrected chi connectivity index (χ3v) is 15.6. The lowest BCUT2D eigenvalue weighted by Gasteiger charge is -2.44. The zero-order chi connectivity index (χ0) is 35.0. The molecule has 0 bridgehead atoms. The van der Waals surface area contributed by atoms with E-state index in [0.29, 0.717) is 52.8 Å². The van der Waals surface area contributed by atoms with E-state index in [1.165, 1.54) is 7.11 Å². The van der Waals surface area contributed by atoms with Gasteiger partial charge < -0.3 is 28.1 Å². The third kappa shape index (κ3) is 7.58. The van der Waals surface area contributed by atoms with E-state index in [-0.39, 0.29) is 13.2 Å². The highest BCUT2D eigenvalue weighted by Crippen LogP contribution is 2.52. The molecular formula is C39H53NO7Si. The van der Waals surface area contributed by atoms with Gasteiger partial charge in [0.05, 0.1) is 52.9 Å². The van der Waals surface area contributed by atoms with E-state index in [9.17, 15) is 4.79 Å². The van der Waals surface area contributed by atoms with Crippen molar-refractivity contribution < 1.29 is 32.9 Å². The van der Waals surface area contributed by atoms with Gasteiger partial charge in [0.2, 0.25) is 8.32 Å². The number of fused-ring (bicyclic) bond motifs is 1. The lowest BCUT2D eigenvalue weighted by Crippen LogP contribution is -2.49. The van der Waals surface area contributed by atoms with Gasteiger partial charge in [0.25, 0.3) is 0 Å². The van der Waals surface area contributed by atoms with Gasteiger partial charge in [0.15, 0.2) is 11.5 Å².